The quantitative estimate of drug-likeness (QED) is 0.831. The van der Waals surface area contributed by atoms with E-state index in [2.05, 4.69) is 9.97 Å². The smallest absolute Gasteiger partial charge is 0.127 e. The summed E-state index contributed by atoms with van der Waals surface area (Å²) < 4.78 is 0. The summed E-state index contributed by atoms with van der Waals surface area (Å²) in [5, 5.41) is 1.06. The van der Waals surface area contributed by atoms with Crippen molar-refractivity contribution in [3.05, 3.63) is 28.0 Å². The van der Waals surface area contributed by atoms with E-state index in [1.54, 1.807) is 12.1 Å². The molecule has 0 bridgehead atoms. The number of aromatic amines is 1. The van der Waals surface area contributed by atoms with Gasteiger partial charge in [0.15, 0.2) is 0 Å². The minimum atomic E-state index is -0.308. The molecule has 1 aliphatic rings. The second-order valence-electron chi connectivity index (χ2n) is 4.73. The van der Waals surface area contributed by atoms with Gasteiger partial charge in [-0.3, -0.25) is 0 Å². The Morgan fingerprint density at radius 2 is 1.82 bits per heavy atom. The highest BCUT2D eigenvalue weighted by atomic mass is 35.5. The lowest BCUT2D eigenvalue weighted by molar-refractivity contribution is 0.437. The number of imidazole rings is 1. The lowest BCUT2D eigenvalue weighted by Crippen LogP contribution is -2.34. The number of rotatable bonds is 1. The summed E-state index contributed by atoms with van der Waals surface area (Å²) in [6.07, 6.45) is 4.28. The molecule has 0 aliphatic heterocycles. The van der Waals surface area contributed by atoms with Crippen molar-refractivity contribution in [1.29, 1.82) is 0 Å². The monoisotopic (exact) mass is 269 g/mol. The molecule has 1 aromatic heterocycles. The van der Waals surface area contributed by atoms with Gasteiger partial charge in [-0.15, -0.1) is 0 Å². The molecule has 3 rings (SSSR count). The first kappa shape index (κ1) is 11.3. The van der Waals surface area contributed by atoms with E-state index in [0.717, 1.165) is 42.5 Å². The van der Waals surface area contributed by atoms with Crippen LogP contribution in [0.25, 0.3) is 11.0 Å². The predicted octanol–water partition coefficient (Wildman–Crippen LogP) is 3.60. The summed E-state index contributed by atoms with van der Waals surface area (Å²) in [6.45, 7) is 0. The molecule has 1 heterocycles. The number of aromatic nitrogens is 2. The highest BCUT2D eigenvalue weighted by molar-refractivity contribution is 6.42. The molecule has 0 saturated heterocycles. The Morgan fingerprint density at radius 1 is 1.18 bits per heavy atom. The van der Waals surface area contributed by atoms with Crippen molar-refractivity contribution in [3.63, 3.8) is 0 Å². The van der Waals surface area contributed by atoms with Crippen LogP contribution in [0.5, 0.6) is 0 Å². The number of halogens is 2. The highest BCUT2D eigenvalue weighted by Gasteiger charge is 2.34. The van der Waals surface area contributed by atoms with Gasteiger partial charge in [-0.1, -0.05) is 36.0 Å². The zero-order chi connectivity index (χ0) is 12.0. The van der Waals surface area contributed by atoms with Crippen LogP contribution in [0.1, 0.15) is 31.5 Å². The van der Waals surface area contributed by atoms with Crippen LogP contribution in [0.15, 0.2) is 12.1 Å². The van der Waals surface area contributed by atoms with Crippen LogP contribution in [0, 0.1) is 0 Å². The molecule has 0 atom stereocenters. The summed E-state index contributed by atoms with van der Waals surface area (Å²) in [6, 6.07) is 3.57. The van der Waals surface area contributed by atoms with Crippen molar-refractivity contribution in [1.82, 2.24) is 9.97 Å². The Balaban J connectivity index is 2.13. The molecule has 0 radical (unpaired) electrons. The third kappa shape index (κ3) is 1.82. The minimum absolute atomic E-state index is 0.308. The second kappa shape index (κ2) is 3.87. The third-order valence-corrected chi connectivity index (χ3v) is 4.21. The van der Waals surface area contributed by atoms with Crippen LogP contribution in [-0.4, -0.2) is 9.97 Å². The van der Waals surface area contributed by atoms with Gasteiger partial charge >= 0.3 is 0 Å². The summed E-state index contributed by atoms with van der Waals surface area (Å²) in [4.78, 5) is 7.81. The Kier molecular flexibility index (Phi) is 2.58. The first-order valence-electron chi connectivity index (χ1n) is 5.73. The maximum Gasteiger partial charge on any atom is 0.127 e. The molecule has 3 nitrogen and oxygen atoms in total. The number of hydrogen-bond donors (Lipinski definition) is 2. The zero-order valence-electron chi connectivity index (χ0n) is 9.26. The molecular weight excluding hydrogens is 257 g/mol. The molecule has 3 N–H and O–H groups in total. The Labute approximate surface area is 109 Å². The van der Waals surface area contributed by atoms with E-state index in [9.17, 15) is 0 Å². The molecule has 2 aromatic rings. The number of H-pyrrole nitrogens is 1. The van der Waals surface area contributed by atoms with Crippen molar-refractivity contribution in [2.45, 2.75) is 31.2 Å². The van der Waals surface area contributed by atoms with Crippen molar-refractivity contribution in [3.8, 4) is 0 Å². The fourth-order valence-electron chi connectivity index (χ4n) is 2.48. The Bertz CT molecular complexity index is 531. The van der Waals surface area contributed by atoms with Gasteiger partial charge < -0.3 is 10.7 Å². The largest absolute Gasteiger partial charge is 0.340 e. The number of benzene rings is 1. The van der Waals surface area contributed by atoms with Crippen LogP contribution >= 0.6 is 23.2 Å². The average Bonchev–Trinajstić information content (AvgIpc) is 2.87. The average molecular weight is 270 g/mol. The molecule has 1 fully saturated rings. The number of nitrogens with one attached hydrogen (secondary N) is 1. The van der Waals surface area contributed by atoms with E-state index in [4.69, 9.17) is 28.9 Å². The number of nitrogens with zero attached hydrogens (tertiary/aromatic N) is 1. The molecule has 17 heavy (non-hydrogen) atoms. The van der Waals surface area contributed by atoms with Crippen LogP contribution in [0.3, 0.4) is 0 Å². The fourth-order valence-corrected chi connectivity index (χ4v) is 2.80. The molecule has 1 aromatic carbocycles. The Morgan fingerprint density at radius 3 is 2.53 bits per heavy atom. The summed E-state index contributed by atoms with van der Waals surface area (Å²) in [5.74, 6) is 0.850. The molecule has 5 heteroatoms. The van der Waals surface area contributed by atoms with Gasteiger partial charge in [-0.25, -0.2) is 4.98 Å². The second-order valence-corrected chi connectivity index (χ2v) is 5.55. The van der Waals surface area contributed by atoms with E-state index < -0.39 is 0 Å². The van der Waals surface area contributed by atoms with Gasteiger partial charge in [-0.05, 0) is 25.0 Å². The van der Waals surface area contributed by atoms with Gasteiger partial charge in [0.2, 0.25) is 0 Å². The van der Waals surface area contributed by atoms with Crippen molar-refractivity contribution in [2.75, 3.05) is 0 Å². The third-order valence-electron chi connectivity index (χ3n) is 3.49. The number of hydrogen-bond acceptors (Lipinski definition) is 2. The lowest BCUT2D eigenvalue weighted by atomic mass is 9.99. The molecule has 1 saturated carbocycles. The van der Waals surface area contributed by atoms with E-state index in [1.165, 1.54) is 0 Å². The van der Waals surface area contributed by atoms with Gasteiger partial charge in [0.25, 0.3) is 0 Å². The van der Waals surface area contributed by atoms with Gasteiger partial charge in [0, 0.05) is 0 Å². The maximum absolute atomic E-state index is 6.36. The summed E-state index contributed by atoms with van der Waals surface area (Å²) in [7, 11) is 0. The molecule has 90 valence electrons. The fraction of sp³-hybridized carbons (Fsp3) is 0.417. The van der Waals surface area contributed by atoms with Crippen LogP contribution in [-0.2, 0) is 5.54 Å². The molecule has 0 unspecified atom stereocenters. The first-order valence-corrected chi connectivity index (χ1v) is 6.48. The van der Waals surface area contributed by atoms with E-state index in [1.807, 2.05) is 0 Å². The van der Waals surface area contributed by atoms with E-state index >= 15 is 0 Å². The van der Waals surface area contributed by atoms with Crippen LogP contribution in [0.2, 0.25) is 10.0 Å². The zero-order valence-corrected chi connectivity index (χ0v) is 10.8. The summed E-state index contributed by atoms with van der Waals surface area (Å²) in [5.41, 5.74) is 7.77. The highest BCUT2D eigenvalue weighted by Crippen LogP contribution is 2.36. The normalized spacial score (nSPS) is 19.0. The SMILES string of the molecule is NC1(c2nc3cc(Cl)c(Cl)cc3[nH]2)CCCC1. The topological polar surface area (TPSA) is 54.7 Å². The number of fused-ring (bicyclic) bond motifs is 1. The van der Waals surface area contributed by atoms with E-state index in [-0.39, 0.29) is 5.54 Å². The Hall–Kier alpha value is -0.770. The summed E-state index contributed by atoms with van der Waals surface area (Å²) >= 11 is 12.0. The van der Waals surface area contributed by atoms with E-state index in [0.29, 0.717) is 10.0 Å². The molecule has 1 aliphatic carbocycles. The molecule has 0 amide bonds. The van der Waals surface area contributed by atoms with Crippen molar-refractivity contribution >= 4 is 34.2 Å². The number of nitrogens with two attached hydrogens (primary N) is 1. The van der Waals surface area contributed by atoms with Gasteiger partial charge in [0.1, 0.15) is 5.82 Å². The minimum Gasteiger partial charge on any atom is -0.340 e. The predicted molar refractivity (Wildman–Crippen MR) is 70.4 cm³/mol. The standard InChI is InChI=1S/C12H13Cl2N3/c13-7-5-9-10(6-8(7)14)17-11(16-9)12(15)3-1-2-4-12/h5-6H,1-4,15H2,(H,16,17). The van der Waals surface area contributed by atoms with Crippen molar-refractivity contribution in [2.24, 2.45) is 5.73 Å². The first-order chi connectivity index (χ1) is 8.08. The maximum atomic E-state index is 6.36. The van der Waals surface area contributed by atoms with Crippen molar-refractivity contribution < 1.29 is 0 Å². The van der Waals surface area contributed by atoms with Crippen LogP contribution in [0.4, 0.5) is 0 Å². The van der Waals surface area contributed by atoms with Crippen LogP contribution < -0.4 is 5.73 Å². The van der Waals surface area contributed by atoms with Gasteiger partial charge in [-0.2, -0.15) is 0 Å². The molecular formula is C12H13Cl2N3. The van der Waals surface area contributed by atoms with Gasteiger partial charge in [0.05, 0.1) is 26.6 Å². The lowest BCUT2D eigenvalue weighted by Gasteiger charge is -2.19. The molecule has 0 spiro atoms.